The van der Waals surface area contributed by atoms with E-state index in [1.807, 2.05) is 0 Å². The number of hydrogen-bond donors (Lipinski definition) is 1. The number of rotatable bonds is 5. The monoisotopic (exact) mass is 396 g/mol. The second-order valence-corrected chi connectivity index (χ2v) is 9.25. The van der Waals surface area contributed by atoms with E-state index in [2.05, 4.69) is 12.2 Å². The zero-order valence-corrected chi connectivity index (χ0v) is 16.8. The average molecular weight is 397 g/mol. The molecule has 0 atom stereocenters. The third-order valence-corrected chi connectivity index (χ3v) is 7.27. The Balaban J connectivity index is 1.81. The Labute approximate surface area is 161 Å². The van der Waals surface area contributed by atoms with Crippen molar-refractivity contribution in [3.63, 3.8) is 0 Å². The number of amides is 1. The van der Waals surface area contributed by atoms with Crippen LogP contribution in [0.25, 0.3) is 0 Å². The number of sulfonamides is 1. The fourth-order valence-electron chi connectivity index (χ4n) is 3.63. The lowest BCUT2D eigenvalue weighted by molar-refractivity contribution is 0.0730. The lowest BCUT2D eigenvalue weighted by Crippen LogP contribution is -2.41. The van der Waals surface area contributed by atoms with Crippen molar-refractivity contribution in [1.29, 1.82) is 0 Å². The summed E-state index contributed by atoms with van der Waals surface area (Å²) in [5, 5.41) is 3.04. The molecular formula is C19H28N2O5S. The molecule has 0 unspecified atom stereocenters. The molecule has 0 aromatic heterocycles. The molecule has 1 amide bonds. The molecule has 1 aliphatic carbocycles. The van der Waals surface area contributed by atoms with Gasteiger partial charge in [0.05, 0.1) is 30.8 Å². The summed E-state index contributed by atoms with van der Waals surface area (Å²) in [5.74, 6) is 0.776. The van der Waals surface area contributed by atoms with E-state index in [9.17, 15) is 13.2 Å². The van der Waals surface area contributed by atoms with Crippen molar-refractivity contribution < 1.29 is 22.7 Å². The van der Waals surface area contributed by atoms with Crippen LogP contribution in [-0.2, 0) is 14.8 Å². The van der Waals surface area contributed by atoms with E-state index >= 15 is 0 Å². The van der Waals surface area contributed by atoms with Crippen LogP contribution in [0.3, 0.4) is 0 Å². The SMILES string of the molecule is COc1ccc(S(=O)(=O)N2CCOCC2)cc1C(=O)NC1CCC(C)CC1. The summed E-state index contributed by atoms with van der Waals surface area (Å²) < 4.78 is 37.7. The molecule has 2 aliphatic rings. The minimum Gasteiger partial charge on any atom is -0.496 e. The summed E-state index contributed by atoms with van der Waals surface area (Å²) in [7, 11) is -2.19. The standard InChI is InChI=1S/C19H28N2O5S/c1-14-3-5-15(6-4-14)20-19(22)17-13-16(7-8-18(17)25-2)27(23,24)21-9-11-26-12-10-21/h7-8,13-15H,3-6,9-12H2,1-2H3,(H,20,22). The number of hydrogen-bond acceptors (Lipinski definition) is 5. The topological polar surface area (TPSA) is 84.9 Å². The lowest BCUT2D eigenvalue weighted by Gasteiger charge is -2.27. The summed E-state index contributed by atoms with van der Waals surface area (Å²) in [5.41, 5.74) is 0.255. The summed E-state index contributed by atoms with van der Waals surface area (Å²) in [6.45, 7) is 3.61. The van der Waals surface area contributed by atoms with Crippen molar-refractivity contribution >= 4 is 15.9 Å². The Hall–Kier alpha value is -1.64. The molecular weight excluding hydrogens is 368 g/mol. The maximum Gasteiger partial charge on any atom is 0.255 e. The molecule has 1 saturated heterocycles. The van der Waals surface area contributed by atoms with Gasteiger partial charge in [0, 0.05) is 19.1 Å². The number of morpholine rings is 1. The van der Waals surface area contributed by atoms with Gasteiger partial charge in [-0.3, -0.25) is 4.79 Å². The van der Waals surface area contributed by atoms with Gasteiger partial charge < -0.3 is 14.8 Å². The lowest BCUT2D eigenvalue weighted by atomic mass is 9.87. The Morgan fingerprint density at radius 2 is 1.85 bits per heavy atom. The van der Waals surface area contributed by atoms with E-state index in [4.69, 9.17) is 9.47 Å². The predicted octanol–water partition coefficient (Wildman–Crippen LogP) is 2.02. The highest BCUT2D eigenvalue weighted by Crippen LogP contribution is 2.27. The molecule has 1 N–H and O–H groups in total. The first-order valence-electron chi connectivity index (χ1n) is 9.48. The van der Waals surface area contributed by atoms with Crippen molar-refractivity contribution in [3.8, 4) is 5.75 Å². The van der Waals surface area contributed by atoms with Gasteiger partial charge >= 0.3 is 0 Å². The molecule has 1 aliphatic heterocycles. The van der Waals surface area contributed by atoms with E-state index in [0.717, 1.165) is 25.7 Å². The Morgan fingerprint density at radius 3 is 2.48 bits per heavy atom. The normalized spacial score (nSPS) is 24.4. The summed E-state index contributed by atoms with van der Waals surface area (Å²) in [6.07, 6.45) is 4.07. The molecule has 0 spiro atoms. The highest BCUT2D eigenvalue weighted by atomic mass is 32.2. The molecule has 1 heterocycles. The van der Waals surface area contributed by atoms with E-state index in [-0.39, 0.29) is 22.4 Å². The molecule has 0 bridgehead atoms. The zero-order chi connectivity index (χ0) is 19.4. The second kappa shape index (κ2) is 8.58. The molecule has 1 aromatic carbocycles. The van der Waals surface area contributed by atoms with Crippen LogP contribution in [-0.4, -0.2) is 58.1 Å². The van der Waals surface area contributed by atoms with Crippen LogP contribution in [0.1, 0.15) is 43.0 Å². The van der Waals surface area contributed by atoms with E-state index in [1.54, 1.807) is 6.07 Å². The molecule has 3 rings (SSSR count). The summed E-state index contributed by atoms with van der Waals surface area (Å²) in [4.78, 5) is 12.9. The molecule has 1 saturated carbocycles. The number of ether oxygens (including phenoxy) is 2. The zero-order valence-electron chi connectivity index (χ0n) is 15.9. The van der Waals surface area contributed by atoms with Crippen LogP contribution in [0, 0.1) is 5.92 Å². The molecule has 150 valence electrons. The largest absolute Gasteiger partial charge is 0.496 e. The summed E-state index contributed by atoms with van der Waals surface area (Å²) >= 11 is 0. The number of carbonyl (C=O) groups excluding carboxylic acids is 1. The van der Waals surface area contributed by atoms with E-state index < -0.39 is 10.0 Å². The van der Waals surface area contributed by atoms with Gasteiger partial charge in [-0.15, -0.1) is 0 Å². The van der Waals surface area contributed by atoms with Gasteiger partial charge in [-0.05, 0) is 49.8 Å². The number of methoxy groups -OCH3 is 1. The number of nitrogens with zero attached hydrogens (tertiary/aromatic N) is 1. The van der Waals surface area contributed by atoms with Crippen molar-refractivity contribution in [2.24, 2.45) is 5.92 Å². The maximum atomic E-state index is 12.9. The number of carbonyl (C=O) groups is 1. The smallest absolute Gasteiger partial charge is 0.255 e. The van der Waals surface area contributed by atoms with Crippen LogP contribution < -0.4 is 10.1 Å². The average Bonchev–Trinajstić information content (AvgIpc) is 2.69. The van der Waals surface area contributed by atoms with Crippen LogP contribution in [0.2, 0.25) is 0 Å². The molecule has 2 fully saturated rings. The van der Waals surface area contributed by atoms with Crippen LogP contribution in [0.4, 0.5) is 0 Å². The van der Waals surface area contributed by atoms with Gasteiger partial charge in [-0.25, -0.2) is 8.42 Å². The first-order valence-corrected chi connectivity index (χ1v) is 10.9. The third-order valence-electron chi connectivity index (χ3n) is 5.37. The molecule has 27 heavy (non-hydrogen) atoms. The summed E-state index contributed by atoms with van der Waals surface area (Å²) in [6, 6.07) is 4.58. The fraction of sp³-hybridized carbons (Fsp3) is 0.632. The van der Waals surface area contributed by atoms with Gasteiger partial charge in [0.2, 0.25) is 10.0 Å². The van der Waals surface area contributed by atoms with Crippen molar-refractivity contribution in [2.45, 2.75) is 43.5 Å². The molecule has 8 heteroatoms. The van der Waals surface area contributed by atoms with Crippen molar-refractivity contribution in [1.82, 2.24) is 9.62 Å². The molecule has 0 radical (unpaired) electrons. The fourth-order valence-corrected chi connectivity index (χ4v) is 5.06. The quantitative estimate of drug-likeness (QED) is 0.823. The Morgan fingerprint density at radius 1 is 1.19 bits per heavy atom. The maximum absolute atomic E-state index is 12.9. The van der Waals surface area contributed by atoms with Gasteiger partial charge in [0.25, 0.3) is 5.91 Å². The van der Waals surface area contributed by atoms with Crippen LogP contribution >= 0.6 is 0 Å². The molecule has 7 nitrogen and oxygen atoms in total. The minimum atomic E-state index is -3.67. The first kappa shape index (κ1) is 20.1. The minimum absolute atomic E-state index is 0.104. The number of nitrogens with one attached hydrogen (secondary N) is 1. The van der Waals surface area contributed by atoms with Gasteiger partial charge in [-0.2, -0.15) is 4.31 Å². The van der Waals surface area contributed by atoms with Gasteiger partial charge in [-0.1, -0.05) is 6.92 Å². The highest BCUT2D eigenvalue weighted by molar-refractivity contribution is 7.89. The molecule has 1 aromatic rings. The predicted molar refractivity (Wildman–Crippen MR) is 101 cm³/mol. The number of benzene rings is 1. The highest BCUT2D eigenvalue weighted by Gasteiger charge is 2.28. The van der Waals surface area contributed by atoms with Crippen molar-refractivity contribution in [2.75, 3.05) is 33.4 Å². The first-order chi connectivity index (χ1) is 12.9. The third kappa shape index (κ3) is 4.62. The van der Waals surface area contributed by atoms with Crippen molar-refractivity contribution in [3.05, 3.63) is 23.8 Å². The second-order valence-electron chi connectivity index (χ2n) is 7.31. The van der Waals surface area contributed by atoms with Gasteiger partial charge in [0.1, 0.15) is 5.75 Å². The van der Waals surface area contributed by atoms with Crippen LogP contribution in [0.5, 0.6) is 5.75 Å². The van der Waals surface area contributed by atoms with E-state index in [1.165, 1.54) is 23.5 Å². The van der Waals surface area contributed by atoms with Crippen LogP contribution in [0.15, 0.2) is 23.1 Å². The van der Waals surface area contributed by atoms with Gasteiger partial charge in [0.15, 0.2) is 0 Å². The Bertz CT molecular complexity index is 766. The van der Waals surface area contributed by atoms with E-state index in [0.29, 0.717) is 38.0 Å². The Kier molecular flexibility index (Phi) is 6.39.